The van der Waals surface area contributed by atoms with Crippen LogP contribution >= 0.6 is 0 Å². The lowest BCUT2D eigenvalue weighted by atomic mass is 9.99. The Bertz CT molecular complexity index is 1320. The fourth-order valence-corrected chi connectivity index (χ4v) is 5.00. The number of nitrogens with one attached hydrogen (secondary N) is 2. The Morgan fingerprint density at radius 2 is 1.79 bits per heavy atom. The van der Waals surface area contributed by atoms with Crippen molar-refractivity contribution in [3.63, 3.8) is 0 Å². The van der Waals surface area contributed by atoms with Gasteiger partial charge in [0.2, 0.25) is 5.88 Å². The number of carbonyl (C=O) groups excluding carboxylic acids is 2. The topological polar surface area (TPSA) is 92.8 Å². The number of alkyl carbamates (subject to hydrolysis) is 1. The maximum atomic E-state index is 14.4. The fraction of sp³-hybridized carbons (Fsp3) is 0.552. The smallest absolute Gasteiger partial charge is 0.422 e. The first kappa shape index (κ1) is 31.3. The number of benzene rings is 1. The van der Waals surface area contributed by atoms with Gasteiger partial charge in [-0.05, 0) is 77.5 Å². The summed E-state index contributed by atoms with van der Waals surface area (Å²) in [7, 11) is 0. The van der Waals surface area contributed by atoms with Crippen LogP contribution in [0.15, 0.2) is 24.4 Å². The summed E-state index contributed by atoms with van der Waals surface area (Å²) in [6.45, 7) is 7.37. The molecule has 2 atom stereocenters. The van der Waals surface area contributed by atoms with Crippen molar-refractivity contribution in [3.8, 4) is 17.0 Å². The molecule has 1 aromatic carbocycles. The van der Waals surface area contributed by atoms with Crippen molar-refractivity contribution in [1.82, 2.24) is 15.6 Å². The van der Waals surface area contributed by atoms with Gasteiger partial charge in [-0.15, -0.1) is 0 Å². The Morgan fingerprint density at radius 1 is 1.14 bits per heavy atom. The van der Waals surface area contributed by atoms with Gasteiger partial charge in [0.05, 0.1) is 22.4 Å². The molecule has 2 amide bonds. The molecule has 2 fully saturated rings. The summed E-state index contributed by atoms with van der Waals surface area (Å²) >= 11 is 0. The first-order valence-corrected chi connectivity index (χ1v) is 13.7. The van der Waals surface area contributed by atoms with Gasteiger partial charge in [-0.25, -0.2) is 18.6 Å². The lowest BCUT2D eigenvalue weighted by Gasteiger charge is -2.30. The number of halogens is 5. The molecule has 1 saturated heterocycles. The number of hydrogen-bond donors (Lipinski definition) is 2. The lowest BCUT2D eigenvalue weighted by Crippen LogP contribution is -2.49. The van der Waals surface area contributed by atoms with Gasteiger partial charge in [-0.2, -0.15) is 13.2 Å². The third-order valence-electron chi connectivity index (χ3n) is 7.07. The highest BCUT2D eigenvalue weighted by atomic mass is 19.4. The van der Waals surface area contributed by atoms with Crippen molar-refractivity contribution >= 4 is 17.7 Å². The number of alkyl halides is 3. The molecule has 0 spiro atoms. The third kappa shape index (κ3) is 8.01. The summed E-state index contributed by atoms with van der Waals surface area (Å²) in [5, 5.41) is 5.75. The second-order valence-electron chi connectivity index (χ2n) is 12.2. The van der Waals surface area contributed by atoms with E-state index in [1.165, 1.54) is 0 Å². The standard InChI is InChI=1S/C29H35F5N4O4/c1-16(17-6-7-17)36-24(39)21-13-35-25(41-15-29(32,33)34)22(18-10-19(30)12-20(31)11-18)23(21)38-9-8-28(5,14-38)37-26(40)42-27(2,3)4/h10-13,16-17H,6-9,14-15H2,1-5H3,(H,36,39)(H,37,40)/t16-,28-/m0/s1. The normalized spacial score (nSPS) is 19.8. The van der Waals surface area contributed by atoms with E-state index in [-0.39, 0.29) is 41.5 Å². The molecule has 0 unspecified atom stereocenters. The zero-order valence-electron chi connectivity index (χ0n) is 24.1. The minimum absolute atomic E-state index is 0.0111. The number of ether oxygens (including phenoxy) is 2. The quantitative estimate of drug-likeness (QED) is 0.363. The Balaban J connectivity index is 1.82. The number of rotatable bonds is 8. The highest BCUT2D eigenvalue weighted by Gasteiger charge is 2.40. The summed E-state index contributed by atoms with van der Waals surface area (Å²) in [6, 6.07) is 2.32. The molecular formula is C29H35F5N4O4. The zero-order chi connectivity index (χ0) is 31.0. The molecule has 2 heterocycles. The molecule has 42 heavy (non-hydrogen) atoms. The first-order chi connectivity index (χ1) is 19.4. The zero-order valence-corrected chi connectivity index (χ0v) is 24.1. The molecule has 1 aliphatic carbocycles. The van der Waals surface area contributed by atoms with Crippen molar-refractivity contribution < 1.29 is 41.0 Å². The molecule has 0 radical (unpaired) electrons. The summed E-state index contributed by atoms with van der Waals surface area (Å²) in [4.78, 5) is 31.9. The van der Waals surface area contributed by atoms with Gasteiger partial charge in [-0.1, -0.05) is 0 Å². The Kier molecular flexibility index (Phi) is 8.62. The molecule has 8 nitrogen and oxygen atoms in total. The average Bonchev–Trinajstić information content (AvgIpc) is 3.62. The number of anilines is 1. The number of nitrogens with zero attached hydrogens (tertiary/aromatic N) is 2. The number of amides is 2. The summed E-state index contributed by atoms with van der Waals surface area (Å²) < 4.78 is 78.8. The van der Waals surface area contributed by atoms with Gasteiger partial charge < -0.3 is 25.0 Å². The molecule has 4 rings (SSSR count). The van der Waals surface area contributed by atoms with Crippen LogP contribution in [0.4, 0.5) is 32.4 Å². The highest BCUT2D eigenvalue weighted by molar-refractivity contribution is 6.04. The minimum Gasteiger partial charge on any atom is -0.468 e. The minimum atomic E-state index is -4.73. The summed E-state index contributed by atoms with van der Waals surface area (Å²) in [5.41, 5.74) is -1.90. The van der Waals surface area contributed by atoms with E-state index < -0.39 is 53.4 Å². The van der Waals surface area contributed by atoms with Gasteiger partial charge in [0.15, 0.2) is 6.61 Å². The van der Waals surface area contributed by atoms with E-state index >= 15 is 0 Å². The molecule has 1 aromatic heterocycles. The number of aromatic nitrogens is 1. The van der Waals surface area contributed by atoms with Gasteiger partial charge in [0.1, 0.15) is 17.2 Å². The van der Waals surface area contributed by atoms with E-state index in [1.54, 1.807) is 32.6 Å². The molecular weight excluding hydrogens is 563 g/mol. The first-order valence-electron chi connectivity index (χ1n) is 13.7. The molecule has 2 aromatic rings. The maximum absolute atomic E-state index is 14.4. The SMILES string of the molecule is C[C@H](NC(=O)c1cnc(OCC(F)(F)F)c(-c2cc(F)cc(F)c2)c1N1CC[C@](C)(NC(=O)OC(C)(C)C)C1)C1CC1. The van der Waals surface area contributed by atoms with Gasteiger partial charge in [0, 0.05) is 31.4 Å². The lowest BCUT2D eigenvalue weighted by molar-refractivity contribution is -0.154. The summed E-state index contributed by atoms with van der Waals surface area (Å²) in [6.07, 6.45) is -2.03. The highest BCUT2D eigenvalue weighted by Crippen LogP contribution is 2.43. The summed E-state index contributed by atoms with van der Waals surface area (Å²) in [5.74, 6) is -2.76. The molecule has 230 valence electrons. The van der Waals surface area contributed by atoms with E-state index in [4.69, 9.17) is 9.47 Å². The van der Waals surface area contributed by atoms with Crippen LogP contribution in [0.3, 0.4) is 0 Å². The second kappa shape index (κ2) is 11.6. The van der Waals surface area contributed by atoms with Crippen LogP contribution in [0.5, 0.6) is 5.88 Å². The third-order valence-corrected chi connectivity index (χ3v) is 7.07. The Morgan fingerprint density at radius 3 is 2.36 bits per heavy atom. The van der Waals surface area contributed by atoms with Gasteiger partial charge >= 0.3 is 12.3 Å². The largest absolute Gasteiger partial charge is 0.468 e. The van der Waals surface area contributed by atoms with Crippen LogP contribution in [0.2, 0.25) is 0 Å². The van der Waals surface area contributed by atoms with E-state index in [0.29, 0.717) is 18.4 Å². The molecule has 0 bridgehead atoms. The van der Waals surface area contributed by atoms with E-state index in [2.05, 4.69) is 15.6 Å². The van der Waals surface area contributed by atoms with E-state index in [1.807, 2.05) is 6.92 Å². The fourth-order valence-electron chi connectivity index (χ4n) is 5.00. The maximum Gasteiger partial charge on any atom is 0.422 e. The van der Waals surface area contributed by atoms with Crippen LogP contribution < -0.4 is 20.3 Å². The molecule has 1 saturated carbocycles. The van der Waals surface area contributed by atoms with Crippen LogP contribution in [0.25, 0.3) is 11.1 Å². The average molecular weight is 599 g/mol. The molecule has 1 aliphatic heterocycles. The number of carbonyl (C=O) groups is 2. The van der Waals surface area contributed by atoms with E-state index in [0.717, 1.165) is 31.2 Å². The Hall–Kier alpha value is -3.64. The van der Waals surface area contributed by atoms with Crippen molar-refractivity contribution in [2.24, 2.45) is 5.92 Å². The van der Waals surface area contributed by atoms with Crippen LogP contribution in [0, 0.1) is 17.6 Å². The van der Waals surface area contributed by atoms with Crippen LogP contribution in [-0.4, -0.2) is 60.0 Å². The predicted octanol–water partition coefficient (Wildman–Crippen LogP) is 5.99. The van der Waals surface area contributed by atoms with Crippen molar-refractivity contribution in [3.05, 3.63) is 41.6 Å². The van der Waals surface area contributed by atoms with Gasteiger partial charge in [-0.3, -0.25) is 4.79 Å². The van der Waals surface area contributed by atoms with Crippen molar-refractivity contribution in [2.75, 3.05) is 24.6 Å². The second-order valence-corrected chi connectivity index (χ2v) is 12.2. The number of pyridine rings is 1. The molecule has 13 heteroatoms. The van der Waals surface area contributed by atoms with Crippen molar-refractivity contribution in [1.29, 1.82) is 0 Å². The predicted molar refractivity (Wildman–Crippen MR) is 145 cm³/mol. The van der Waals surface area contributed by atoms with Gasteiger partial charge in [0.25, 0.3) is 5.91 Å². The van der Waals surface area contributed by atoms with E-state index in [9.17, 15) is 31.5 Å². The monoisotopic (exact) mass is 598 g/mol. The van der Waals surface area contributed by atoms with Crippen molar-refractivity contribution in [2.45, 2.75) is 77.2 Å². The Labute approximate surface area is 241 Å². The van der Waals surface area contributed by atoms with Crippen LogP contribution in [0.1, 0.15) is 64.2 Å². The molecule has 2 aliphatic rings. The van der Waals surface area contributed by atoms with Crippen LogP contribution in [-0.2, 0) is 4.74 Å². The molecule has 2 N–H and O–H groups in total. The number of hydrogen-bond acceptors (Lipinski definition) is 6.